The molecule has 0 aromatic heterocycles. The second-order valence-corrected chi connectivity index (χ2v) is 7.51. The van der Waals surface area contributed by atoms with Gasteiger partial charge in [-0.15, -0.1) is 0 Å². The Morgan fingerprint density at radius 3 is 2.72 bits per heavy atom. The Bertz CT molecular complexity index is 578. The van der Waals surface area contributed by atoms with E-state index in [0.717, 1.165) is 44.5 Å². The molecule has 25 heavy (non-hydrogen) atoms. The van der Waals surface area contributed by atoms with Crippen LogP contribution in [0.5, 0.6) is 0 Å². The van der Waals surface area contributed by atoms with Crippen molar-refractivity contribution in [2.45, 2.75) is 51.2 Å². The molecule has 5 nitrogen and oxygen atoms in total. The fourth-order valence-electron chi connectivity index (χ4n) is 4.19. The first-order chi connectivity index (χ1) is 12.2. The van der Waals surface area contributed by atoms with E-state index < -0.39 is 0 Å². The quantitative estimate of drug-likeness (QED) is 0.787. The molecule has 2 heterocycles. The molecule has 5 heteroatoms. The maximum atomic E-state index is 12.4. The third-order valence-corrected chi connectivity index (χ3v) is 5.57. The molecule has 0 aliphatic carbocycles. The maximum absolute atomic E-state index is 12.4. The van der Waals surface area contributed by atoms with Gasteiger partial charge in [-0.25, -0.2) is 0 Å². The maximum Gasteiger partial charge on any atom is 0.234 e. The number of likely N-dealkylation sites (tertiary alicyclic amines) is 2. The fraction of sp³-hybridized carbons (Fsp3) is 0.650. The molecule has 2 saturated heterocycles. The minimum Gasteiger partial charge on any atom is -0.395 e. The molecule has 0 bridgehead atoms. The highest BCUT2D eigenvalue weighted by Gasteiger charge is 2.31. The Morgan fingerprint density at radius 1 is 1.20 bits per heavy atom. The van der Waals surface area contributed by atoms with Gasteiger partial charge < -0.3 is 10.4 Å². The lowest BCUT2D eigenvalue weighted by Gasteiger charge is -2.31. The second kappa shape index (κ2) is 8.79. The molecule has 0 radical (unpaired) electrons. The monoisotopic (exact) mass is 345 g/mol. The molecule has 2 unspecified atom stereocenters. The highest BCUT2D eigenvalue weighted by molar-refractivity contribution is 5.78. The van der Waals surface area contributed by atoms with Gasteiger partial charge in [0.25, 0.3) is 0 Å². The molecule has 2 atom stereocenters. The number of hydrogen-bond donors (Lipinski definition) is 2. The van der Waals surface area contributed by atoms with E-state index in [4.69, 9.17) is 0 Å². The van der Waals surface area contributed by atoms with E-state index in [1.54, 1.807) is 0 Å². The molecule has 1 amide bonds. The average molecular weight is 345 g/mol. The highest BCUT2D eigenvalue weighted by Crippen LogP contribution is 2.23. The minimum atomic E-state index is 0.105. The van der Waals surface area contributed by atoms with Crippen molar-refractivity contribution < 1.29 is 9.90 Å². The van der Waals surface area contributed by atoms with Gasteiger partial charge in [0, 0.05) is 25.2 Å². The van der Waals surface area contributed by atoms with E-state index in [1.807, 2.05) is 12.1 Å². The van der Waals surface area contributed by atoms with Gasteiger partial charge in [-0.2, -0.15) is 0 Å². The number of aliphatic hydroxyl groups is 1. The number of amides is 1. The van der Waals surface area contributed by atoms with Crippen molar-refractivity contribution in [3.8, 4) is 0 Å². The van der Waals surface area contributed by atoms with Gasteiger partial charge in [0.05, 0.1) is 13.2 Å². The predicted octanol–water partition coefficient (Wildman–Crippen LogP) is 1.53. The highest BCUT2D eigenvalue weighted by atomic mass is 16.3. The van der Waals surface area contributed by atoms with Crippen LogP contribution in [-0.4, -0.2) is 65.7 Å². The van der Waals surface area contributed by atoms with E-state index >= 15 is 0 Å². The van der Waals surface area contributed by atoms with Crippen molar-refractivity contribution in [3.05, 3.63) is 35.4 Å². The molecule has 2 fully saturated rings. The molecule has 2 aliphatic heterocycles. The summed E-state index contributed by atoms with van der Waals surface area (Å²) in [5.74, 6) is 0.105. The van der Waals surface area contributed by atoms with Crippen molar-refractivity contribution in [2.75, 3.05) is 32.8 Å². The van der Waals surface area contributed by atoms with Crippen LogP contribution >= 0.6 is 0 Å². The molecular formula is C20H31N3O2. The van der Waals surface area contributed by atoms with Gasteiger partial charge in [0.1, 0.15) is 0 Å². The summed E-state index contributed by atoms with van der Waals surface area (Å²) in [6.07, 6.45) is 4.59. The largest absolute Gasteiger partial charge is 0.395 e. The zero-order valence-corrected chi connectivity index (χ0v) is 15.3. The summed E-state index contributed by atoms with van der Waals surface area (Å²) >= 11 is 0. The van der Waals surface area contributed by atoms with Crippen molar-refractivity contribution >= 4 is 5.91 Å². The molecule has 1 aromatic rings. The lowest BCUT2D eigenvalue weighted by atomic mass is 10.1. The number of aliphatic hydroxyl groups excluding tert-OH is 1. The topological polar surface area (TPSA) is 55.8 Å². The van der Waals surface area contributed by atoms with Gasteiger partial charge in [0.15, 0.2) is 0 Å². The summed E-state index contributed by atoms with van der Waals surface area (Å²) in [4.78, 5) is 17.1. The SMILES string of the molecule is Cc1cccc(CNC(=O)CN2CCCC2CN2CCCC2CO)c1. The first-order valence-electron chi connectivity index (χ1n) is 9.57. The third-order valence-electron chi connectivity index (χ3n) is 5.57. The Kier molecular flexibility index (Phi) is 6.45. The number of hydrogen-bond acceptors (Lipinski definition) is 4. The van der Waals surface area contributed by atoms with Crippen molar-refractivity contribution in [3.63, 3.8) is 0 Å². The standard InChI is InChI=1S/C20H31N3O2/c1-16-5-2-6-17(11-16)12-21-20(25)14-23-10-3-7-18(23)13-22-9-4-8-19(22)15-24/h2,5-6,11,18-19,24H,3-4,7-10,12-15H2,1H3,(H,21,25). The van der Waals surface area contributed by atoms with Crippen LogP contribution in [0.3, 0.4) is 0 Å². The van der Waals surface area contributed by atoms with Crippen LogP contribution in [0.1, 0.15) is 36.8 Å². The van der Waals surface area contributed by atoms with Crippen LogP contribution in [0.25, 0.3) is 0 Å². The predicted molar refractivity (Wildman–Crippen MR) is 99.3 cm³/mol. The summed E-state index contributed by atoms with van der Waals surface area (Å²) in [5.41, 5.74) is 2.37. The van der Waals surface area contributed by atoms with Crippen molar-refractivity contribution in [1.82, 2.24) is 15.1 Å². The Hall–Kier alpha value is -1.43. The van der Waals surface area contributed by atoms with Crippen LogP contribution in [0, 0.1) is 6.92 Å². The lowest BCUT2D eigenvalue weighted by Crippen LogP contribution is -2.46. The van der Waals surface area contributed by atoms with Crippen LogP contribution in [0.4, 0.5) is 0 Å². The molecule has 1 aromatic carbocycles. The molecule has 0 saturated carbocycles. The minimum absolute atomic E-state index is 0.105. The number of rotatable bonds is 7. The second-order valence-electron chi connectivity index (χ2n) is 7.51. The van der Waals surface area contributed by atoms with Gasteiger partial charge in [0.2, 0.25) is 5.91 Å². The first kappa shape index (κ1) is 18.4. The Balaban J connectivity index is 1.46. The average Bonchev–Trinajstić information content (AvgIpc) is 3.23. The number of nitrogens with zero attached hydrogens (tertiary/aromatic N) is 2. The summed E-state index contributed by atoms with van der Waals surface area (Å²) < 4.78 is 0. The van der Waals surface area contributed by atoms with Gasteiger partial charge in [-0.1, -0.05) is 29.8 Å². The number of aryl methyl sites for hydroxylation is 1. The fourth-order valence-corrected chi connectivity index (χ4v) is 4.19. The summed E-state index contributed by atoms with van der Waals surface area (Å²) in [6, 6.07) is 9.02. The van der Waals surface area contributed by atoms with Gasteiger partial charge >= 0.3 is 0 Å². The molecule has 3 rings (SSSR count). The molecule has 138 valence electrons. The van der Waals surface area contributed by atoms with Crippen LogP contribution in [0.2, 0.25) is 0 Å². The first-order valence-corrected chi connectivity index (χ1v) is 9.57. The van der Waals surface area contributed by atoms with E-state index in [0.29, 0.717) is 25.2 Å². The van der Waals surface area contributed by atoms with Crippen molar-refractivity contribution in [1.29, 1.82) is 0 Å². The number of carbonyl (C=O) groups is 1. The molecule has 0 spiro atoms. The summed E-state index contributed by atoms with van der Waals surface area (Å²) in [7, 11) is 0. The zero-order chi connectivity index (χ0) is 17.6. The summed E-state index contributed by atoms with van der Waals surface area (Å²) in [5, 5.41) is 12.6. The van der Waals surface area contributed by atoms with E-state index in [2.05, 4.69) is 34.2 Å². The van der Waals surface area contributed by atoms with Crippen LogP contribution in [-0.2, 0) is 11.3 Å². The molecule has 2 N–H and O–H groups in total. The molecular weight excluding hydrogens is 314 g/mol. The summed E-state index contributed by atoms with van der Waals surface area (Å²) in [6.45, 7) is 6.46. The van der Waals surface area contributed by atoms with E-state index in [1.165, 1.54) is 12.0 Å². The van der Waals surface area contributed by atoms with E-state index in [9.17, 15) is 9.90 Å². The van der Waals surface area contributed by atoms with Gasteiger partial charge in [-0.05, 0) is 51.3 Å². The normalized spacial score (nSPS) is 24.7. The molecule has 2 aliphatic rings. The van der Waals surface area contributed by atoms with E-state index in [-0.39, 0.29) is 12.5 Å². The van der Waals surface area contributed by atoms with Gasteiger partial charge in [-0.3, -0.25) is 14.6 Å². The van der Waals surface area contributed by atoms with Crippen LogP contribution in [0.15, 0.2) is 24.3 Å². The Labute approximate surface area is 151 Å². The number of nitrogens with one attached hydrogen (secondary N) is 1. The number of carbonyl (C=O) groups excluding carboxylic acids is 1. The lowest BCUT2D eigenvalue weighted by molar-refractivity contribution is -0.122. The van der Waals surface area contributed by atoms with Crippen molar-refractivity contribution in [2.24, 2.45) is 0 Å². The zero-order valence-electron chi connectivity index (χ0n) is 15.3. The Morgan fingerprint density at radius 2 is 1.96 bits per heavy atom. The van der Waals surface area contributed by atoms with Crippen LogP contribution < -0.4 is 5.32 Å². The number of benzene rings is 1. The smallest absolute Gasteiger partial charge is 0.234 e. The third kappa shape index (κ3) is 5.03.